The molecule has 0 N–H and O–H groups in total. The molecular weight excluding hydrogens is 534 g/mol. The average molecular weight is 567 g/mol. The zero-order valence-corrected chi connectivity index (χ0v) is 25.0. The molecule has 0 saturated carbocycles. The molecule has 0 aromatic heterocycles. The van der Waals surface area contributed by atoms with E-state index in [1.807, 2.05) is 76.2 Å². The maximum atomic E-state index is 13.8. The van der Waals surface area contributed by atoms with Gasteiger partial charge < -0.3 is 0 Å². The van der Waals surface area contributed by atoms with Crippen molar-refractivity contribution in [2.75, 3.05) is 12.3 Å². The predicted molar refractivity (Wildman–Crippen MR) is 166 cm³/mol. The molecule has 0 amide bonds. The van der Waals surface area contributed by atoms with E-state index in [-0.39, 0.29) is 34.4 Å². The van der Waals surface area contributed by atoms with E-state index in [1.165, 1.54) is 0 Å². The predicted octanol–water partition coefficient (Wildman–Crippen LogP) is 8.55. The molecule has 4 aromatic carbocycles. The summed E-state index contributed by atoms with van der Waals surface area (Å²) in [5.74, 6) is 0. The Morgan fingerprint density at radius 3 is 0.725 bits per heavy atom. The van der Waals surface area contributed by atoms with Crippen molar-refractivity contribution >= 4 is 37.9 Å². The van der Waals surface area contributed by atoms with Crippen LogP contribution in [0.4, 0.5) is 0 Å². The Hall–Kier alpha value is -3.58. The highest BCUT2D eigenvalue weighted by Gasteiger charge is 2.34. The number of hydrogen-bond acceptors (Lipinski definition) is 4. The molecule has 40 heavy (non-hydrogen) atoms. The topological polar surface area (TPSA) is 68.3 Å². The minimum atomic E-state index is -1.85. The highest BCUT2D eigenvalue weighted by molar-refractivity contribution is 7.93. The van der Waals surface area contributed by atoms with Crippen LogP contribution in [0.15, 0.2) is 97.1 Å². The van der Waals surface area contributed by atoms with Gasteiger partial charge in [0.15, 0.2) is 22.1 Å². The quantitative estimate of drug-likeness (QED) is 0.171. The van der Waals surface area contributed by atoms with Crippen LogP contribution in [0.3, 0.4) is 0 Å². The minimum absolute atomic E-state index is 0.162. The SMILES string of the molecule is Cc1ccc(C(=O)P(CCP(C(=O)c2ccc(C)cc2)C(=O)c2ccc(C)cc2)C(=O)c2ccc(C)cc2)cc1. The molecule has 202 valence electrons. The third-order valence-electron chi connectivity index (χ3n) is 6.72. The lowest BCUT2D eigenvalue weighted by Gasteiger charge is -2.20. The third kappa shape index (κ3) is 7.13. The molecule has 0 bridgehead atoms. The van der Waals surface area contributed by atoms with Gasteiger partial charge in [0.25, 0.3) is 0 Å². The van der Waals surface area contributed by atoms with Crippen LogP contribution in [0, 0.1) is 27.7 Å². The number of hydrogen-bond donors (Lipinski definition) is 0. The molecule has 0 atom stereocenters. The number of carbonyl (C=O) groups excluding carboxylic acids is 4. The molecule has 4 rings (SSSR count). The van der Waals surface area contributed by atoms with Gasteiger partial charge in [0, 0.05) is 38.1 Å². The van der Waals surface area contributed by atoms with Crippen LogP contribution < -0.4 is 0 Å². The van der Waals surface area contributed by atoms with Crippen molar-refractivity contribution in [3.8, 4) is 0 Å². The van der Waals surface area contributed by atoms with Gasteiger partial charge in [0.05, 0.1) is 0 Å². The second kappa shape index (κ2) is 13.2. The Bertz CT molecular complexity index is 1290. The van der Waals surface area contributed by atoms with E-state index >= 15 is 0 Å². The van der Waals surface area contributed by atoms with Gasteiger partial charge in [-0.25, -0.2) is 0 Å². The highest BCUT2D eigenvalue weighted by Crippen LogP contribution is 2.50. The van der Waals surface area contributed by atoms with E-state index in [0.29, 0.717) is 22.3 Å². The van der Waals surface area contributed by atoms with Crippen LogP contribution in [0.2, 0.25) is 0 Å². The van der Waals surface area contributed by atoms with Crippen molar-refractivity contribution in [2.24, 2.45) is 0 Å². The lowest BCUT2D eigenvalue weighted by Crippen LogP contribution is -2.15. The zero-order valence-electron chi connectivity index (χ0n) is 23.2. The summed E-state index contributed by atoms with van der Waals surface area (Å²) in [5.41, 5.74) is 5.00. The number of aryl methyl sites for hydroxylation is 4. The monoisotopic (exact) mass is 566 g/mol. The van der Waals surface area contributed by atoms with E-state index in [2.05, 4.69) is 0 Å². The van der Waals surface area contributed by atoms with Crippen LogP contribution >= 0.6 is 15.8 Å². The molecule has 6 heteroatoms. The molecule has 0 aliphatic carbocycles. The maximum Gasteiger partial charge on any atom is 0.192 e. The van der Waals surface area contributed by atoms with Gasteiger partial charge in [-0.2, -0.15) is 0 Å². The smallest absolute Gasteiger partial charge is 0.192 e. The molecule has 0 fully saturated rings. The summed E-state index contributed by atoms with van der Waals surface area (Å²) in [6.45, 7) is 7.76. The third-order valence-corrected chi connectivity index (χ3v) is 11.4. The minimum Gasteiger partial charge on any atom is -0.289 e. The van der Waals surface area contributed by atoms with Gasteiger partial charge >= 0.3 is 0 Å². The van der Waals surface area contributed by atoms with Crippen molar-refractivity contribution in [3.63, 3.8) is 0 Å². The van der Waals surface area contributed by atoms with Crippen molar-refractivity contribution < 1.29 is 19.2 Å². The van der Waals surface area contributed by atoms with E-state index in [0.717, 1.165) is 22.3 Å². The van der Waals surface area contributed by atoms with E-state index in [4.69, 9.17) is 0 Å². The first-order chi connectivity index (χ1) is 19.1. The summed E-state index contributed by atoms with van der Waals surface area (Å²) in [4.78, 5) is 55.0. The van der Waals surface area contributed by atoms with E-state index in [1.54, 1.807) is 48.5 Å². The number of benzene rings is 4. The lowest BCUT2D eigenvalue weighted by atomic mass is 10.2. The largest absolute Gasteiger partial charge is 0.289 e. The fraction of sp³-hybridized carbons (Fsp3) is 0.176. The summed E-state index contributed by atoms with van der Waals surface area (Å²) >= 11 is 0. The van der Waals surface area contributed by atoms with Gasteiger partial charge in [-0.05, 0) is 40.0 Å². The Balaban J connectivity index is 1.69. The van der Waals surface area contributed by atoms with Crippen LogP contribution in [0.25, 0.3) is 0 Å². The van der Waals surface area contributed by atoms with Crippen molar-refractivity contribution in [1.82, 2.24) is 0 Å². The second-order valence-corrected chi connectivity index (χ2v) is 14.2. The fourth-order valence-electron chi connectivity index (χ4n) is 4.20. The van der Waals surface area contributed by atoms with Crippen LogP contribution in [0.1, 0.15) is 63.7 Å². The van der Waals surface area contributed by atoms with Gasteiger partial charge in [-0.3, -0.25) is 19.2 Å². The summed E-state index contributed by atoms with van der Waals surface area (Å²) < 4.78 is 0. The van der Waals surface area contributed by atoms with Gasteiger partial charge in [-0.15, -0.1) is 0 Å². The summed E-state index contributed by atoms with van der Waals surface area (Å²) in [7, 11) is -3.70. The molecule has 0 spiro atoms. The molecule has 0 saturated heterocycles. The molecule has 0 unspecified atom stereocenters. The van der Waals surface area contributed by atoms with Crippen molar-refractivity contribution in [3.05, 3.63) is 142 Å². The first kappa shape index (κ1) is 29.4. The first-order valence-corrected chi connectivity index (χ1v) is 16.2. The van der Waals surface area contributed by atoms with Crippen molar-refractivity contribution in [1.29, 1.82) is 0 Å². The van der Waals surface area contributed by atoms with Gasteiger partial charge in [0.2, 0.25) is 0 Å². The Morgan fingerprint density at radius 2 is 0.550 bits per heavy atom. The van der Waals surface area contributed by atoms with Crippen LogP contribution in [-0.4, -0.2) is 34.4 Å². The summed E-state index contributed by atoms with van der Waals surface area (Å²) in [6, 6.07) is 28.8. The number of carbonyl (C=O) groups is 4. The molecule has 0 aliphatic heterocycles. The standard InChI is InChI=1S/C34H32O4P2/c1-23-5-13-27(14-6-23)31(35)39(32(36)28-15-7-24(2)8-16-28)21-22-40(33(37)29-17-9-25(3)10-18-29)34(38)30-19-11-26(4)12-20-30/h5-20H,21-22H2,1-4H3. The van der Waals surface area contributed by atoms with Gasteiger partial charge in [0.1, 0.15) is 0 Å². The van der Waals surface area contributed by atoms with Gasteiger partial charge in [-0.1, -0.05) is 119 Å². The molecule has 0 heterocycles. The molecule has 0 radical (unpaired) electrons. The van der Waals surface area contributed by atoms with E-state index < -0.39 is 15.8 Å². The van der Waals surface area contributed by atoms with Crippen LogP contribution in [-0.2, 0) is 0 Å². The Morgan fingerprint density at radius 1 is 0.375 bits per heavy atom. The lowest BCUT2D eigenvalue weighted by molar-refractivity contribution is 0.103. The Kier molecular flexibility index (Phi) is 9.69. The van der Waals surface area contributed by atoms with Crippen molar-refractivity contribution in [2.45, 2.75) is 27.7 Å². The zero-order chi connectivity index (χ0) is 28.8. The summed E-state index contributed by atoms with van der Waals surface area (Å²) in [6.07, 6.45) is 0.325. The Labute approximate surface area is 238 Å². The number of rotatable bonds is 11. The first-order valence-electron chi connectivity index (χ1n) is 13.1. The molecule has 0 aliphatic rings. The fourth-order valence-corrected chi connectivity index (χ4v) is 8.82. The average Bonchev–Trinajstić information content (AvgIpc) is 2.96. The van der Waals surface area contributed by atoms with Crippen LogP contribution in [0.5, 0.6) is 0 Å². The maximum absolute atomic E-state index is 13.8. The van der Waals surface area contributed by atoms with E-state index in [9.17, 15) is 19.2 Å². The highest BCUT2D eigenvalue weighted by atomic mass is 31.1. The normalized spacial score (nSPS) is 11.1. The molecular formula is C34H32O4P2. The molecule has 4 nitrogen and oxygen atoms in total. The second-order valence-electron chi connectivity index (χ2n) is 9.99. The molecule has 4 aromatic rings. The summed E-state index contributed by atoms with van der Waals surface area (Å²) in [5, 5.41) is 0.